The van der Waals surface area contributed by atoms with Crippen molar-refractivity contribution in [2.75, 3.05) is 13.2 Å². The number of carboxylic acid groups (broad SMARTS) is 1. The SMILES string of the molecule is Cc1cc(C(CN)C(=O)O)cc2c1OCC2. The molecule has 1 heterocycles. The van der Waals surface area contributed by atoms with Crippen LogP contribution in [-0.4, -0.2) is 24.2 Å². The van der Waals surface area contributed by atoms with Crippen LogP contribution in [0.2, 0.25) is 0 Å². The molecule has 1 atom stereocenters. The highest BCUT2D eigenvalue weighted by molar-refractivity contribution is 5.76. The lowest BCUT2D eigenvalue weighted by Crippen LogP contribution is -2.21. The lowest BCUT2D eigenvalue weighted by molar-refractivity contribution is -0.138. The zero-order valence-electron chi connectivity index (χ0n) is 9.19. The summed E-state index contributed by atoms with van der Waals surface area (Å²) in [5.74, 6) is -0.588. The van der Waals surface area contributed by atoms with Gasteiger partial charge in [-0.3, -0.25) is 4.79 Å². The van der Waals surface area contributed by atoms with E-state index in [0.29, 0.717) is 6.61 Å². The van der Waals surface area contributed by atoms with Crippen molar-refractivity contribution < 1.29 is 14.6 Å². The Kier molecular flexibility index (Phi) is 2.83. The first-order chi connectivity index (χ1) is 7.63. The van der Waals surface area contributed by atoms with E-state index >= 15 is 0 Å². The molecule has 0 amide bonds. The number of hydrogen-bond acceptors (Lipinski definition) is 3. The number of benzene rings is 1. The van der Waals surface area contributed by atoms with E-state index in [-0.39, 0.29) is 6.54 Å². The van der Waals surface area contributed by atoms with E-state index in [9.17, 15) is 4.79 Å². The number of rotatable bonds is 3. The first-order valence-corrected chi connectivity index (χ1v) is 5.32. The van der Waals surface area contributed by atoms with E-state index in [0.717, 1.165) is 28.9 Å². The third-order valence-corrected chi connectivity index (χ3v) is 2.93. The molecule has 2 rings (SSSR count). The van der Waals surface area contributed by atoms with Gasteiger partial charge < -0.3 is 15.6 Å². The molecule has 0 saturated heterocycles. The second kappa shape index (κ2) is 4.14. The van der Waals surface area contributed by atoms with Gasteiger partial charge in [-0.25, -0.2) is 0 Å². The van der Waals surface area contributed by atoms with Crippen molar-refractivity contribution in [3.05, 3.63) is 28.8 Å². The van der Waals surface area contributed by atoms with Crippen LogP contribution in [0, 0.1) is 6.92 Å². The zero-order valence-corrected chi connectivity index (χ0v) is 9.19. The van der Waals surface area contributed by atoms with E-state index in [1.54, 1.807) is 0 Å². The first-order valence-electron chi connectivity index (χ1n) is 5.32. The van der Waals surface area contributed by atoms with Gasteiger partial charge in [0, 0.05) is 13.0 Å². The van der Waals surface area contributed by atoms with Gasteiger partial charge in [0.1, 0.15) is 5.75 Å². The van der Waals surface area contributed by atoms with Crippen LogP contribution in [0.1, 0.15) is 22.6 Å². The third kappa shape index (κ3) is 1.76. The Labute approximate surface area is 94.0 Å². The molecule has 0 bridgehead atoms. The highest BCUT2D eigenvalue weighted by Gasteiger charge is 2.22. The Morgan fingerprint density at radius 1 is 1.62 bits per heavy atom. The fraction of sp³-hybridized carbons (Fsp3) is 0.417. The van der Waals surface area contributed by atoms with E-state index < -0.39 is 11.9 Å². The van der Waals surface area contributed by atoms with Gasteiger partial charge in [0.05, 0.1) is 12.5 Å². The molecule has 4 nitrogen and oxygen atoms in total. The van der Waals surface area contributed by atoms with Gasteiger partial charge in [-0.15, -0.1) is 0 Å². The van der Waals surface area contributed by atoms with Crippen LogP contribution in [0.5, 0.6) is 5.75 Å². The molecule has 16 heavy (non-hydrogen) atoms. The van der Waals surface area contributed by atoms with Crippen molar-refractivity contribution in [1.82, 2.24) is 0 Å². The lowest BCUT2D eigenvalue weighted by Gasteiger charge is -2.13. The molecule has 1 aliphatic rings. The van der Waals surface area contributed by atoms with Gasteiger partial charge in [-0.05, 0) is 23.6 Å². The average Bonchev–Trinajstić information content (AvgIpc) is 2.66. The first kappa shape index (κ1) is 11.0. The second-order valence-corrected chi connectivity index (χ2v) is 4.05. The largest absolute Gasteiger partial charge is 0.493 e. The normalized spacial score (nSPS) is 15.4. The second-order valence-electron chi connectivity index (χ2n) is 4.05. The molecular weight excluding hydrogens is 206 g/mol. The predicted octanol–water partition coefficient (Wildman–Crippen LogP) is 1.06. The number of hydrogen-bond donors (Lipinski definition) is 2. The molecule has 1 aromatic rings. The van der Waals surface area contributed by atoms with Gasteiger partial charge >= 0.3 is 5.97 Å². The molecule has 1 aliphatic heterocycles. The van der Waals surface area contributed by atoms with Gasteiger partial charge in [-0.2, -0.15) is 0 Å². The van der Waals surface area contributed by atoms with Crippen molar-refractivity contribution in [3.63, 3.8) is 0 Å². The van der Waals surface area contributed by atoms with Crippen molar-refractivity contribution in [3.8, 4) is 5.75 Å². The number of nitrogens with two attached hydrogens (primary N) is 1. The summed E-state index contributed by atoms with van der Waals surface area (Å²) in [6, 6.07) is 3.76. The average molecular weight is 221 g/mol. The summed E-state index contributed by atoms with van der Waals surface area (Å²) in [7, 11) is 0. The van der Waals surface area contributed by atoms with Crippen LogP contribution in [0.15, 0.2) is 12.1 Å². The Morgan fingerprint density at radius 2 is 2.38 bits per heavy atom. The summed E-state index contributed by atoms with van der Waals surface area (Å²) < 4.78 is 5.48. The molecule has 0 saturated carbocycles. The van der Waals surface area contributed by atoms with Gasteiger partial charge in [0.15, 0.2) is 0 Å². The summed E-state index contributed by atoms with van der Waals surface area (Å²) in [5, 5.41) is 9.05. The Morgan fingerprint density at radius 3 is 3.00 bits per heavy atom. The Hall–Kier alpha value is -1.55. The fourth-order valence-corrected chi connectivity index (χ4v) is 2.11. The monoisotopic (exact) mass is 221 g/mol. The number of carboxylic acids is 1. The third-order valence-electron chi connectivity index (χ3n) is 2.93. The summed E-state index contributed by atoms with van der Waals surface area (Å²) >= 11 is 0. The minimum Gasteiger partial charge on any atom is -0.493 e. The van der Waals surface area contributed by atoms with E-state index in [2.05, 4.69) is 0 Å². The van der Waals surface area contributed by atoms with Crippen LogP contribution in [0.4, 0.5) is 0 Å². The number of ether oxygens (including phenoxy) is 1. The summed E-state index contributed by atoms with van der Waals surface area (Å²) in [4.78, 5) is 11.0. The topological polar surface area (TPSA) is 72.6 Å². The van der Waals surface area contributed by atoms with Gasteiger partial charge in [0.2, 0.25) is 0 Å². The molecule has 0 fully saturated rings. The smallest absolute Gasteiger partial charge is 0.312 e. The van der Waals surface area contributed by atoms with E-state index in [1.807, 2.05) is 19.1 Å². The quantitative estimate of drug-likeness (QED) is 0.800. The molecule has 0 spiro atoms. The zero-order chi connectivity index (χ0) is 11.7. The molecule has 1 unspecified atom stereocenters. The summed E-state index contributed by atoms with van der Waals surface area (Å²) in [6.07, 6.45) is 0.848. The van der Waals surface area contributed by atoms with Crippen molar-refractivity contribution in [2.24, 2.45) is 5.73 Å². The minimum atomic E-state index is -0.874. The molecule has 0 radical (unpaired) electrons. The maximum absolute atomic E-state index is 11.0. The maximum Gasteiger partial charge on any atom is 0.312 e. The fourth-order valence-electron chi connectivity index (χ4n) is 2.11. The molecule has 86 valence electrons. The van der Waals surface area contributed by atoms with Crippen LogP contribution >= 0.6 is 0 Å². The van der Waals surface area contributed by atoms with Gasteiger partial charge in [-0.1, -0.05) is 12.1 Å². The number of carbonyl (C=O) groups is 1. The Balaban J connectivity index is 2.43. The summed E-state index contributed by atoms with van der Waals surface area (Å²) in [6.45, 7) is 2.73. The van der Waals surface area contributed by atoms with Gasteiger partial charge in [0.25, 0.3) is 0 Å². The van der Waals surface area contributed by atoms with Crippen molar-refractivity contribution in [1.29, 1.82) is 0 Å². The standard InChI is InChI=1S/C12H15NO3/c1-7-4-9(10(6-13)12(14)15)5-8-2-3-16-11(7)8/h4-5,10H,2-3,6,13H2,1H3,(H,14,15). The summed E-state index contributed by atoms with van der Waals surface area (Å²) in [5.41, 5.74) is 8.35. The molecule has 1 aromatic carbocycles. The predicted molar refractivity (Wildman–Crippen MR) is 59.8 cm³/mol. The molecular formula is C12H15NO3. The van der Waals surface area contributed by atoms with Crippen LogP contribution in [-0.2, 0) is 11.2 Å². The highest BCUT2D eigenvalue weighted by atomic mass is 16.5. The van der Waals surface area contributed by atoms with Crippen LogP contribution in [0.25, 0.3) is 0 Å². The van der Waals surface area contributed by atoms with Crippen LogP contribution in [0.3, 0.4) is 0 Å². The molecule has 0 aromatic heterocycles. The molecule has 3 N–H and O–H groups in total. The maximum atomic E-state index is 11.0. The lowest BCUT2D eigenvalue weighted by atomic mass is 9.94. The Bertz CT molecular complexity index is 429. The molecule has 0 aliphatic carbocycles. The molecule has 4 heteroatoms. The van der Waals surface area contributed by atoms with Crippen LogP contribution < -0.4 is 10.5 Å². The number of aryl methyl sites for hydroxylation is 1. The van der Waals surface area contributed by atoms with E-state index in [4.69, 9.17) is 15.6 Å². The van der Waals surface area contributed by atoms with Crippen molar-refractivity contribution in [2.45, 2.75) is 19.3 Å². The number of fused-ring (bicyclic) bond motifs is 1. The van der Waals surface area contributed by atoms with E-state index in [1.165, 1.54) is 0 Å². The van der Waals surface area contributed by atoms with Crippen molar-refractivity contribution >= 4 is 5.97 Å². The highest BCUT2D eigenvalue weighted by Crippen LogP contribution is 2.32. The number of aliphatic carboxylic acids is 1. The minimum absolute atomic E-state index is 0.119.